The Kier molecular flexibility index (Phi) is 3.94. The van der Waals surface area contributed by atoms with Gasteiger partial charge >= 0.3 is 5.97 Å². The van der Waals surface area contributed by atoms with Crippen molar-refractivity contribution in [3.05, 3.63) is 40.3 Å². The molecular weight excluding hydrogens is 306 g/mol. The summed E-state index contributed by atoms with van der Waals surface area (Å²) >= 11 is 2.83. The van der Waals surface area contributed by atoms with Gasteiger partial charge in [-0.25, -0.2) is 4.98 Å². The Labute approximate surface area is 129 Å². The normalized spacial score (nSPS) is 11.1. The lowest BCUT2D eigenvalue weighted by molar-refractivity contribution is -0.133. The van der Waals surface area contributed by atoms with Gasteiger partial charge in [-0.2, -0.15) is 0 Å². The third kappa shape index (κ3) is 2.93. The first-order valence-electron chi connectivity index (χ1n) is 6.33. The van der Waals surface area contributed by atoms with Crippen molar-refractivity contribution in [2.45, 2.75) is 18.6 Å². The van der Waals surface area contributed by atoms with E-state index in [2.05, 4.69) is 14.5 Å². The number of thiazole rings is 1. The fourth-order valence-electron chi connectivity index (χ4n) is 2.13. The zero-order chi connectivity index (χ0) is 14.8. The van der Waals surface area contributed by atoms with Crippen LogP contribution in [0.15, 0.2) is 35.1 Å². The highest BCUT2D eigenvalue weighted by Gasteiger charge is 2.14. The molecule has 0 spiro atoms. The molecule has 0 atom stereocenters. The Balaban J connectivity index is 2.06. The van der Waals surface area contributed by atoms with Crippen molar-refractivity contribution in [3.8, 4) is 0 Å². The summed E-state index contributed by atoms with van der Waals surface area (Å²) < 4.78 is 2.06. The molecule has 108 valence electrons. The van der Waals surface area contributed by atoms with Crippen LogP contribution in [-0.4, -0.2) is 31.4 Å². The van der Waals surface area contributed by atoms with Crippen LogP contribution in [0.4, 0.5) is 0 Å². The Morgan fingerprint density at radius 1 is 1.48 bits per heavy atom. The van der Waals surface area contributed by atoms with Gasteiger partial charge in [0.15, 0.2) is 5.16 Å². The van der Waals surface area contributed by atoms with Crippen molar-refractivity contribution < 1.29 is 9.90 Å². The molecule has 0 saturated carbocycles. The molecule has 0 amide bonds. The van der Waals surface area contributed by atoms with Crippen molar-refractivity contribution in [1.82, 2.24) is 14.5 Å². The van der Waals surface area contributed by atoms with E-state index >= 15 is 0 Å². The molecular formula is C14H13N3O2S2. The number of para-hydroxylation sites is 1. The number of benzene rings is 1. The Hall–Kier alpha value is -1.86. The minimum atomic E-state index is -0.840. The fourth-order valence-corrected chi connectivity index (χ4v) is 3.44. The quantitative estimate of drug-likeness (QED) is 0.732. The standard InChI is InChI=1S/C14H13N3O2S2/c1-9-3-2-4-11-13(9)16-14(20-7-12(18)19)17(11)6-10-5-15-8-21-10/h2-5,8H,6-7H2,1H3,(H,18,19). The van der Waals surface area contributed by atoms with Gasteiger partial charge < -0.3 is 9.67 Å². The first kappa shape index (κ1) is 14.1. The van der Waals surface area contributed by atoms with Gasteiger partial charge in [-0.3, -0.25) is 9.78 Å². The van der Waals surface area contributed by atoms with E-state index in [1.807, 2.05) is 31.3 Å². The largest absolute Gasteiger partial charge is 0.481 e. The molecule has 1 aromatic carbocycles. The maximum atomic E-state index is 10.8. The second-order valence-electron chi connectivity index (χ2n) is 4.57. The highest BCUT2D eigenvalue weighted by molar-refractivity contribution is 7.99. The van der Waals surface area contributed by atoms with Gasteiger partial charge in [0.05, 0.1) is 28.8 Å². The van der Waals surface area contributed by atoms with E-state index in [0.717, 1.165) is 26.6 Å². The number of imidazole rings is 1. The van der Waals surface area contributed by atoms with Crippen LogP contribution in [0.1, 0.15) is 10.4 Å². The molecule has 5 nitrogen and oxygen atoms in total. The molecule has 7 heteroatoms. The van der Waals surface area contributed by atoms with E-state index in [1.165, 1.54) is 11.8 Å². The summed E-state index contributed by atoms with van der Waals surface area (Å²) in [5.41, 5.74) is 4.84. The second kappa shape index (κ2) is 5.87. The summed E-state index contributed by atoms with van der Waals surface area (Å²) in [7, 11) is 0. The number of carbonyl (C=O) groups is 1. The lowest BCUT2D eigenvalue weighted by atomic mass is 10.2. The molecule has 0 aliphatic rings. The number of nitrogens with zero attached hydrogens (tertiary/aromatic N) is 3. The van der Waals surface area contributed by atoms with E-state index in [4.69, 9.17) is 5.11 Å². The maximum absolute atomic E-state index is 10.8. The number of hydrogen-bond donors (Lipinski definition) is 1. The van der Waals surface area contributed by atoms with E-state index in [9.17, 15) is 4.79 Å². The van der Waals surface area contributed by atoms with Gasteiger partial charge in [-0.1, -0.05) is 23.9 Å². The van der Waals surface area contributed by atoms with Crippen LogP contribution in [0.5, 0.6) is 0 Å². The molecule has 2 aromatic heterocycles. The van der Waals surface area contributed by atoms with Gasteiger partial charge in [-0.05, 0) is 18.6 Å². The third-order valence-corrected chi connectivity index (χ3v) is 4.79. The molecule has 0 saturated heterocycles. The average Bonchev–Trinajstić information content (AvgIpc) is 3.07. The first-order valence-corrected chi connectivity index (χ1v) is 8.19. The summed E-state index contributed by atoms with van der Waals surface area (Å²) in [6.45, 7) is 2.67. The highest BCUT2D eigenvalue weighted by atomic mass is 32.2. The van der Waals surface area contributed by atoms with Crippen molar-refractivity contribution in [3.63, 3.8) is 0 Å². The van der Waals surface area contributed by atoms with Crippen LogP contribution in [0.3, 0.4) is 0 Å². The molecule has 0 unspecified atom stereocenters. The predicted octanol–water partition coefficient (Wildman–Crippen LogP) is 3.03. The maximum Gasteiger partial charge on any atom is 0.313 e. The topological polar surface area (TPSA) is 68.0 Å². The zero-order valence-corrected chi connectivity index (χ0v) is 12.9. The smallest absolute Gasteiger partial charge is 0.313 e. The summed E-state index contributed by atoms with van der Waals surface area (Å²) in [6, 6.07) is 6.02. The molecule has 0 radical (unpaired) electrons. The average molecular weight is 319 g/mol. The number of aryl methyl sites for hydroxylation is 1. The monoisotopic (exact) mass is 319 g/mol. The number of aromatic nitrogens is 3. The molecule has 1 N–H and O–H groups in total. The van der Waals surface area contributed by atoms with Crippen LogP contribution in [0.2, 0.25) is 0 Å². The Bertz CT molecular complexity index is 781. The van der Waals surface area contributed by atoms with Crippen LogP contribution < -0.4 is 0 Å². The van der Waals surface area contributed by atoms with Crippen LogP contribution in [-0.2, 0) is 11.3 Å². The number of carboxylic acids is 1. The summed E-state index contributed by atoms with van der Waals surface area (Å²) in [5, 5.41) is 9.62. The van der Waals surface area contributed by atoms with Crippen LogP contribution >= 0.6 is 23.1 Å². The number of thioether (sulfide) groups is 1. The number of hydrogen-bond acceptors (Lipinski definition) is 5. The van der Waals surface area contributed by atoms with Gasteiger partial charge in [-0.15, -0.1) is 11.3 Å². The second-order valence-corrected chi connectivity index (χ2v) is 6.49. The Morgan fingerprint density at radius 3 is 3.05 bits per heavy atom. The van der Waals surface area contributed by atoms with Crippen molar-refractivity contribution in [1.29, 1.82) is 0 Å². The molecule has 3 aromatic rings. The molecule has 0 bridgehead atoms. The molecule has 3 rings (SSSR count). The lowest BCUT2D eigenvalue weighted by Crippen LogP contribution is -2.03. The van der Waals surface area contributed by atoms with E-state index < -0.39 is 5.97 Å². The minimum absolute atomic E-state index is 0.00502. The van der Waals surface area contributed by atoms with Crippen molar-refractivity contribution >= 4 is 40.1 Å². The van der Waals surface area contributed by atoms with Crippen LogP contribution in [0.25, 0.3) is 11.0 Å². The van der Waals surface area contributed by atoms with Crippen molar-refractivity contribution in [2.75, 3.05) is 5.75 Å². The van der Waals surface area contributed by atoms with E-state index in [0.29, 0.717) is 6.54 Å². The third-order valence-electron chi connectivity index (χ3n) is 3.07. The molecule has 21 heavy (non-hydrogen) atoms. The minimum Gasteiger partial charge on any atom is -0.481 e. The lowest BCUT2D eigenvalue weighted by Gasteiger charge is -2.06. The number of carboxylic acid groups (broad SMARTS) is 1. The van der Waals surface area contributed by atoms with Crippen LogP contribution in [0, 0.1) is 6.92 Å². The number of aliphatic carboxylic acids is 1. The molecule has 0 aliphatic carbocycles. The zero-order valence-electron chi connectivity index (χ0n) is 11.3. The van der Waals surface area contributed by atoms with E-state index in [1.54, 1.807) is 16.8 Å². The number of fused-ring (bicyclic) bond motifs is 1. The summed E-state index contributed by atoms with van der Waals surface area (Å²) in [6.07, 6.45) is 1.83. The summed E-state index contributed by atoms with van der Waals surface area (Å²) in [5.74, 6) is -0.835. The summed E-state index contributed by atoms with van der Waals surface area (Å²) in [4.78, 5) is 20.6. The SMILES string of the molecule is Cc1cccc2c1nc(SCC(=O)O)n2Cc1cncs1. The molecule has 0 fully saturated rings. The predicted molar refractivity (Wildman–Crippen MR) is 84.0 cm³/mol. The highest BCUT2D eigenvalue weighted by Crippen LogP contribution is 2.27. The number of rotatable bonds is 5. The molecule has 0 aliphatic heterocycles. The van der Waals surface area contributed by atoms with Gasteiger partial charge in [0.25, 0.3) is 0 Å². The van der Waals surface area contributed by atoms with Gasteiger partial charge in [0.1, 0.15) is 0 Å². The Morgan fingerprint density at radius 2 is 2.33 bits per heavy atom. The first-order chi connectivity index (χ1) is 10.1. The van der Waals surface area contributed by atoms with Gasteiger partial charge in [0.2, 0.25) is 0 Å². The van der Waals surface area contributed by atoms with Gasteiger partial charge in [0, 0.05) is 11.1 Å². The molecule has 2 heterocycles. The van der Waals surface area contributed by atoms with Crippen molar-refractivity contribution in [2.24, 2.45) is 0 Å². The van der Waals surface area contributed by atoms with E-state index in [-0.39, 0.29) is 5.75 Å². The fraction of sp³-hybridized carbons (Fsp3) is 0.214.